The quantitative estimate of drug-likeness (QED) is 0.840. The molecule has 4 bridgehead atoms. The van der Waals surface area contributed by atoms with Crippen molar-refractivity contribution in [3.05, 3.63) is 0 Å². The highest BCUT2D eigenvalue weighted by molar-refractivity contribution is 5.15. The van der Waals surface area contributed by atoms with Crippen LogP contribution < -0.4 is 5.73 Å². The third-order valence-corrected chi connectivity index (χ3v) is 5.56. The molecule has 0 heterocycles. The van der Waals surface area contributed by atoms with Crippen LogP contribution in [0.25, 0.3) is 0 Å². The molecule has 4 rings (SSSR count). The topological polar surface area (TPSA) is 35.2 Å². The lowest BCUT2D eigenvalue weighted by Crippen LogP contribution is -2.63. The number of nitrogens with two attached hydrogens (primary N) is 1. The first-order chi connectivity index (χ1) is 8.45. The Morgan fingerprint density at radius 2 is 1.21 bits per heavy atom. The highest BCUT2D eigenvalue weighted by atomic mass is 16.5. The van der Waals surface area contributed by atoms with Crippen molar-refractivity contribution in [2.45, 2.75) is 84.3 Å². The Morgan fingerprint density at radius 3 is 1.53 bits per heavy atom. The highest BCUT2D eigenvalue weighted by Crippen LogP contribution is 2.71. The molecule has 2 N–H and O–H groups in total. The van der Waals surface area contributed by atoms with E-state index in [-0.39, 0.29) is 11.1 Å². The molecule has 4 aliphatic rings. The molecule has 4 aliphatic carbocycles. The van der Waals surface area contributed by atoms with E-state index in [2.05, 4.69) is 34.6 Å². The van der Waals surface area contributed by atoms with Gasteiger partial charge >= 0.3 is 0 Å². The van der Waals surface area contributed by atoms with Crippen molar-refractivity contribution in [1.29, 1.82) is 0 Å². The van der Waals surface area contributed by atoms with Crippen LogP contribution in [0.15, 0.2) is 0 Å². The number of rotatable bonds is 3. The maximum absolute atomic E-state index is 6.48. The van der Waals surface area contributed by atoms with E-state index in [0.717, 1.165) is 0 Å². The molecule has 0 unspecified atom stereocenters. The summed E-state index contributed by atoms with van der Waals surface area (Å²) in [6.07, 6.45) is 7.94. The van der Waals surface area contributed by atoms with Gasteiger partial charge in [-0.1, -0.05) is 20.8 Å². The van der Waals surface area contributed by atoms with Crippen molar-refractivity contribution < 1.29 is 4.74 Å². The zero-order valence-electron chi connectivity index (χ0n) is 13.4. The SMILES string of the molecule is CC(C)(N)COC12CC3(C)CC(C)(CC(C)(C3)C1)C2. The summed E-state index contributed by atoms with van der Waals surface area (Å²) in [4.78, 5) is 0. The van der Waals surface area contributed by atoms with Gasteiger partial charge in [0.1, 0.15) is 0 Å². The van der Waals surface area contributed by atoms with E-state index >= 15 is 0 Å². The monoisotopic (exact) mass is 265 g/mol. The van der Waals surface area contributed by atoms with Crippen LogP contribution in [0.4, 0.5) is 0 Å². The first kappa shape index (κ1) is 13.9. The van der Waals surface area contributed by atoms with Crippen molar-refractivity contribution in [2.24, 2.45) is 22.0 Å². The van der Waals surface area contributed by atoms with Gasteiger partial charge in [-0.15, -0.1) is 0 Å². The van der Waals surface area contributed by atoms with Gasteiger partial charge in [0, 0.05) is 5.54 Å². The van der Waals surface area contributed by atoms with Crippen molar-refractivity contribution in [2.75, 3.05) is 6.61 Å². The van der Waals surface area contributed by atoms with Gasteiger partial charge in [-0.2, -0.15) is 0 Å². The molecule has 110 valence electrons. The molecule has 4 fully saturated rings. The number of hydrogen-bond acceptors (Lipinski definition) is 2. The Kier molecular flexibility index (Phi) is 2.61. The normalized spacial score (nSPS) is 52.7. The molecule has 0 aromatic rings. The van der Waals surface area contributed by atoms with Crippen molar-refractivity contribution >= 4 is 0 Å². The maximum Gasteiger partial charge on any atom is 0.0699 e. The fourth-order valence-corrected chi connectivity index (χ4v) is 6.67. The Labute approximate surface area is 118 Å². The zero-order valence-corrected chi connectivity index (χ0v) is 13.4. The van der Waals surface area contributed by atoms with Crippen LogP contribution >= 0.6 is 0 Å². The van der Waals surface area contributed by atoms with E-state index in [1.54, 1.807) is 0 Å². The Bertz CT molecular complexity index is 341. The highest BCUT2D eigenvalue weighted by Gasteiger charge is 2.64. The van der Waals surface area contributed by atoms with E-state index in [1.807, 2.05) is 0 Å². The molecule has 0 atom stereocenters. The van der Waals surface area contributed by atoms with E-state index in [9.17, 15) is 0 Å². The molecular formula is C17H31NO. The minimum atomic E-state index is -0.216. The van der Waals surface area contributed by atoms with Gasteiger partial charge in [0.05, 0.1) is 12.2 Å². The first-order valence-corrected chi connectivity index (χ1v) is 7.88. The summed E-state index contributed by atoms with van der Waals surface area (Å²) in [6.45, 7) is 12.3. The average Bonchev–Trinajstić information content (AvgIpc) is 2.05. The second-order valence-corrected chi connectivity index (χ2v) is 9.95. The van der Waals surface area contributed by atoms with E-state index in [0.29, 0.717) is 22.9 Å². The van der Waals surface area contributed by atoms with Crippen LogP contribution in [0, 0.1) is 16.2 Å². The number of ether oxygens (including phenoxy) is 1. The van der Waals surface area contributed by atoms with Crippen LogP contribution in [-0.2, 0) is 4.74 Å². The summed E-state index contributed by atoms with van der Waals surface area (Å²) in [5, 5.41) is 0. The molecule has 0 spiro atoms. The van der Waals surface area contributed by atoms with Crippen molar-refractivity contribution in [3.63, 3.8) is 0 Å². The number of hydrogen-bond donors (Lipinski definition) is 1. The van der Waals surface area contributed by atoms with E-state index in [4.69, 9.17) is 10.5 Å². The van der Waals surface area contributed by atoms with Gasteiger partial charge in [0.2, 0.25) is 0 Å². The van der Waals surface area contributed by atoms with Crippen LogP contribution in [0.5, 0.6) is 0 Å². The van der Waals surface area contributed by atoms with Gasteiger partial charge in [0.15, 0.2) is 0 Å². The average molecular weight is 265 g/mol. The summed E-state index contributed by atoms with van der Waals surface area (Å²) >= 11 is 0. The standard InChI is InChI=1S/C17H31NO/c1-13(2,18)12-19-17-9-14(3)6-15(4,10-17)8-16(5,7-14)11-17/h6-12,18H2,1-5H3. The summed E-state index contributed by atoms with van der Waals surface area (Å²) in [6, 6.07) is 0. The Hall–Kier alpha value is -0.0800. The van der Waals surface area contributed by atoms with Crippen molar-refractivity contribution in [3.8, 4) is 0 Å². The van der Waals surface area contributed by atoms with Crippen LogP contribution in [-0.4, -0.2) is 17.7 Å². The van der Waals surface area contributed by atoms with Crippen LogP contribution in [0.1, 0.15) is 73.1 Å². The summed E-state index contributed by atoms with van der Waals surface area (Å²) in [5.74, 6) is 0. The van der Waals surface area contributed by atoms with Crippen LogP contribution in [0.3, 0.4) is 0 Å². The fraction of sp³-hybridized carbons (Fsp3) is 1.00. The zero-order chi connectivity index (χ0) is 14.2. The molecule has 0 aliphatic heterocycles. The molecule has 0 aromatic carbocycles. The molecule has 0 aromatic heterocycles. The molecule has 0 radical (unpaired) electrons. The molecule has 0 amide bonds. The third kappa shape index (κ3) is 2.47. The van der Waals surface area contributed by atoms with E-state index < -0.39 is 0 Å². The molecule has 2 nitrogen and oxygen atoms in total. The van der Waals surface area contributed by atoms with E-state index in [1.165, 1.54) is 38.5 Å². The summed E-state index contributed by atoms with van der Waals surface area (Å²) in [5.41, 5.74) is 7.53. The van der Waals surface area contributed by atoms with Gasteiger partial charge in [-0.25, -0.2) is 0 Å². The largest absolute Gasteiger partial charge is 0.373 e. The second kappa shape index (κ2) is 3.57. The Balaban J connectivity index is 1.87. The molecule has 2 heteroatoms. The molecular weight excluding hydrogens is 234 g/mol. The maximum atomic E-state index is 6.48. The molecule has 4 saturated carbocycles. The second-order valence-electron chi connectivity index (χ2n) is 9.95. The Morgan fingerprint density at radius 1 is 0.842 bits per heavy atom. The fourth-order valence-electron chi connectivity index (χ4n) is 6.67. The van der Waals surface area contributed by atoms with Gasteiger partial charge < -0.3 is 10.5 Å². The molecule has 19 heavy (non-hydrogen) atoms. The first-order valence-electron chi connectivity index (χ1n) is 7.88. The van der Waals surface area contributed by atoms with Crippen LogP contribution in [0.2, 0.25) is 0 Å². The minimum absolute atomic E-state index is 0.115. The van der Waals surface area contributed by atoms with Crippen molar-refractivity contribution in [1.82, 2.24) is 0 Å². The smallest absolute Gasteiger partial charge is 0.0699 e. The van der Waals surface area contributed by atoms with Gasteiger partial charge in [-0.05, 0) is 68.6 Å². The predicted molar refractivity (Wildman–Crippen MR) is 79.0 cm³/mol. The lowest BCUT2D eigenvalue weighted by atomic mass is 9.39. The minimum Gasteiger partial charge on any atom is -0.373 e. The summed E-state index contributed by atoms with van der Waals surface area (Å²) < 4.78 is 6.48. The van der Waals surface area contributed by atoms with Gasteiger partial charge in [0.25, 0.3) is 0 Å². The molecule has 0 saturated heterocycles. The third-order valence-electron chi connectivity index (χ3n) is 5.56. The predicted octanol–water partition coefficient (Wildman–Crippen LogP) is 3.88. The summed E-state index contributed by atoms with van der Waals surface area (Å²) in [7, 11) is 0. The lowest BCUT2D eigenvalue weighted by molar-refractivity contribution is -0.243. The lowest BCUT2D eigenvalue weighted by Gasteiger charge is -2.68. The van der Waals surface area contributed by atoms with Gasteiger partial charge in [-0.3, -0.25) is 0 Å².